The normalized spacial score (nSPS) is 13.2. The Bertz CT molecular complexity index is 59.4. The van der Waals surface area contributed by atoms with E-state index in [9.17, 15) is 0 Å². The highest BCUT2D eigenvalue weighted by Crippen LogP contribution is 2.10. The molecule has 0 rings (SSSR count). The van der Waals surface area contributed by atoms with Crippen molar-refractivity contribution >= 4 is 11.8 Å². The minimum Gasteiger partial charge on any atom is -0.155 e. The largest absolute Gasteiger partial charge is 0.155 e. The molecule has 0 N–H and O–H groups in total. The van der Waals surface area contributed by atoms with Gasteiger partial charge in [-0.1, -0.05) is 13.0 Å². The lowest BCUT2D eigenvalue weighted by atomic mass is 10.5. The zero-order valence-electron chi connectivity index (χ0n) is 5.68. The summed E-state index contributed by atoms with van der Waals surface area (Å²) in [6.45, 7) is 8.06. The van der Waals surface area contributed by atoms with E-state index in [0.29, 0.717) is 5.25 Å². The summed E-state index contributed by atoms with van der Waals surface area (Å²) in [4.78, 5) is 0. The molecule has 0 saturated carbocycles. The first-order valence-corrected chi connectivity index (χ1v) is 4.10. The lowest BCUT2D eigenvalue weighted by molar-refractivity contribution is 1.09. The van der Waals surface area contributed by atoms with Gasteiger partial charge in [-0.15, -0.1) is 6.58 Å². The van der Waals surface area contributed by atoms with Crippen molar-refractivity contribution in [3.05, 3.63) is 12.7 Å². The Labute approximate surface area is 56.4 Å². The van der Waals surface area contributed by atoms with Crippen LogP contribution in [0.3, 0.4) is 0 Å². The van der Waals surface area contributed by atoms with Crippen LogP contribution in [0, 0.1) is 0 Å². The van der Waals surface area contributed by atoms with Gasteiger partial charge in [0.15, 0.2) is 0 Å². The zero-order chi connectivity index (χ0) is 6.41. The molecule has 0 aliphatic rings. The first kappa shape index (κ1) is 8.09. The van der Waals surface area contributed by atoms with Crippen LogP contribution in [0.25, 0.3) is 0 Å². The summed E-state index contributed by atoms with van der Waals surface area (Å²) in [6, 6.07) is 0. The van der Waals surface area contributed by atoms with Gasteiger partial charge in [0.2, 0.25) is 0 Å². The van der Waals surface area contributed by atoms with Crippen molar-refractivity contribution in [2.24, 2.45) is 0 Å². The number of thioether (sulfide) groups is 1. The van der Waals surface area contributed by atoms with E-state index >= 15 is 0 Å². The molecule has 0 saturated heterocycles. The Balaban J connectivity index is 2.98. The highest BCUT2D eigenvalue weighted by molar-refractivity contribution is 8.00. The fraction of sp³-hybridized carbons (Fsp3) is 0.714. The summed E-state index contributed by atoms with van der Waals surface area (Å²) in [5.41, 5.74) is 0. The molecule has 0 aromatic carbocycles. The minimum absolute atomic E-state index is 0.634. The van der Waals surface area contributed by atoms with Crippen molar-refractivity contribution in [3.63, 3.8) is 0 Å². The second kappa shape index (κ2) is 5.23. The van der Waals surface area contributed by atoms with Crippen molar-refractivity contribution in [2.75, 3.05) is 5.75 Å². The van der Waals surface area contributed by atoms with Crippen LogP contribution < -0.4 is 0 Å². The summed E-state index contributed by atoms with van der Waals surface area (Å²) in [5.74, 6) is 1.26. The number of hydrogen-bond acceptors (Lipinski definition) is 1. The van der Waals surface area contributed by atoms with Gasteiger partial charge in [-0.3, -0.25) is 0 Å². The van der Waals surface area contributed by atoms with Crippen LogP contribution in [0.4, 0.5) is 0 Å². The third kappa shape index (κ3) is 4.25. The van der Waals surface area contributed by atoms with E-state index < -0.39 is 0 Å². The molecule has 0 heterocycles. The molecule has 0 aliphatic carbocycles. The fourth-order valence-electron chi connectivity index (χ4n) is 0.372. The maximum absolute atomic E-state index is 3.69. The topological polar surface area (TPSA) is 0 Å². The van der Waals surface area contributed by atoms with Crippen LogP contribution >= 0.6 is 11.8 Å². The average Bonchev–Trinajstić information content (AvgIpc) is 1.83. The number of rotatable bonds is 4. The van der Waals surface area contributed by atoms with Gasteiger partial charge >= 0.3 is 0 Å². The van der Waals surface area contributed by atoms with Crippen molar-refractivity contribution in [1.29, 1.82) is 0 Å². The van der Waals surface area contributed by atoms with Crippen molar-refractivity contribution in [3.8, 4) is 0 Å². The van der Waals surface area contributed by atoms with Gasteiger partial charge in [-0.2, -0.15) is 11.8 Å². The van der Waals surface area contributed by atoms with E-state index in [1.807, 2.05) is 17.8 Å². The predicted octanol–water partition coefficient (Wildman–Crippen LogP) is 2.70. The first-order valence-electron chi connectivity index (χ1n) is 3.05. The summed E-state index contributed by atoms with van der Waals surface area (Å²) in [5, 5.41) is 0.634. The van der Waals surface area contributed by atoms with Gasteiger partial charge in [0.25, 0.3) is 0 Å². The summed E-state index contributed by atoms with van der Waals surface area (Å²) in [6.07, 6.45) is 3.25. The minimum atomic E-state index is 0.634. The molecular formula is C7H14S. The van der Waals surface area contributed by atoms with Gasteiger partial charge in [0, 0.05) is 5.25 Å². The molecule has 0 spiro atoms. The Morgan fingerprint density at radius 2 is 2.38 bits per heavy atom. The SMILES string of the molecule is C=CC(C)SCCC. The maximum Gasteiger partial charge on any atom is 0.0196 e. The highest BCUT2D eigenvalue weighted by atomic mass is 32.2. The molecule has 0 fully saturated rings. The van der Waals surface area contributed by atoms with Crippen LogP contribution in [0.5, 0.6) is 0 Å². The van der Waals surface area contributed by atoms with Gasteiger partial charge in [0.05, 0.1) is 0 Å². The zero-order valence-corrected chi connectivity index (χ0v) is 6.50. The summed E-state index contributed by atoms with van der Waals surface area (Å²) < 4.78 is 0. The van der Waals surface area contributed by atoms with Crippen LogP contribution in [0.15, 0.2) is 12.7 Å². The van der Waals surface area contributed by atoms with E-state index in [2.05, 4.69) is 20.4 Å². The van der Waals surface area contributed by atoms with E-state index in [1.54, 1.807) is 0 Å². The summed E-state index contributed by atoms with van der Waals surface area (Å²) >= 11 is 1.96. The van der Waals surface area contributed by atoms with Crippen LogP contribution in [-0.4, -0.2) is 11.0 Å². The van der Waals surface area contributed by atoms with E-state index in [4.69, 9.17) is 0 Å². The van der Waals surface area contributed by atoms with Crippen LogP contribution in [0.2, 0.25) is 0 Å². The van der Waals surface area contributed by atoms with Crippen LogP contribution in [-0.2, 0) is 0 Å². The van der Waals surface area contributed by atoms with Gasteiger partial charge in [0.1, 0.15) is 0 Å². The molecule has 0 amide bonds. The van der Waals surface area contributed by atoms with E-state index in [-0.39, 0.29) is 0 Å². The van der Waals surface area contributed by atoms with E-state index in [0.717, 1.165) is 0 Å². The monoisotopic (exact) mass is 130 g/mol. The molecule has 48 valence electrons. The predicted molar refractivity (Wildman–Crippen MR) is 42.4 cm³/mol. The molecule has 0 aliphatic heterocycles. The molecular weight excluding hydrogens is 116 g/mol. The Hall–Kier alpha value is 0.0900. The molecule has 1 heteroatoms. The molecule has 0 aromatic heterocycles. The molecule has 0 aromatic rings. The molecule has 1 atom stereocenters. The van der Waals surface area contributed by atoms with Crippen molar-refractivity contribution < 1.29 is 0 Å². The third-order valence-electron chi connectivity index (χ3n) is 0.917. The van der Waals surface area contributed by atoms with Gasteiger partial charge in [-0.25, -0.2) is 0 Å². The third-order valence-corrected chi connectivity index (χ3v) is 2.28. The Morgan fingerprint density at radius 1 is 1.75 bits per heavy atom. The average molecular weight is 130 g/mol. The fourth-order valence-corrected chi connectivity index (χ4v) is 1.12. The van der Waals surface area contributed by atoms with Crippen LogP contribution in [0.1, 0.15) is 20.3 Å². The van der Waals surface area contributed by atoms with Gasteiger partial charge < -0.3 is 0 Å². The quantitative estimate of drug-likeness (QED) is 0.527. The summed E-state index contributed by atoms with van der Waals surface area (Å²) in [7, 11) is 0. The molecule has 0 nitrogen and oxygen atoms in total. The van der Waals surface area contributed by atoms with Gasteiger partial charge in [-0.05, 0) is 19.1 Å². The lowest BCUT2D eigenvalue weighted by Gasteiger charge is -2.01. The Morgan fingerprint density at radius 3 is 2.75 bits per heavy atom. The van der Waals surface area contributed by atoms with E-state index in [1.165, 1.54) is 12.2 Å². The van der Waals surface area contributed by atoms with Crippen molar-refractivity contribution in [2.45, 2.75) is 25.5 Å². The molecule has 1 unspecified atom stereocenters. The first-order chi connectivity index (χ1) is 3.81. The van der Waals surface area contributed by atoms with Crippen molar-refractivity contribution in [1.82, 2.24) is 0 Å². The molecule has 0 bridgehead atoms. The highest BCUT2D eigenvalue weighted by Gasteiger charge is 1.91. The Kier molecular flexibility index (Phi) is 5.29. The maximum atomic E-state index is 3.69. The standard InChI is InChI=1S/C7H14S/c1-4-6-8-7(3)5-2/h5,7H,2,4,6H2,1,3H3. The molecule has 8 heavy (non-hydrogen) atoms. The molecule has 0 radical (unpaired) electrons. The lowest BCUT2D eigenvalue weighted by Crippen LogP contribution is -1.89. The second-order valence-corrected chi connectivity index (χ2v) is 3.30. The second-order valence-electron chi connectivity index (χ2n) is 1.81. The number of hydrogen-bond donors (Lipinski definition) is 0. The smallest absolute Gasteiger partial charge is 0.0196 e.